The van der Waals surface area contributed by atoms with Crippen LogP contribution in [-0.2, 0) is 12.8 Å². The molecule has 0 unspecified atom stereocenters. The van der Waals surface area contributed by atoms with Crippen LogP contribution in [0.2, 0.25) is 5.02 Å². The van der Waals surface area contributed by atoms with Crippen molar-refractivity contribution in [3.05, 3.63) is 45.7 Å². The van der Waals surface area contributed by atoms with E-state index in [9.17, 15) is 9.90 Å². The second-order valence-electron chi connectivity index (χ2n) is 4.78. The fraction of sp³-hybridized carbons (Fsp3) is 0.286. The molecule has 1 N–H and O–H groups in total. The van der Waals surface area contributed by atoms with Gasteiger partial charge in [0.25, 0.3) is 0 Å². The highest BCUT2D eigenvalue weighted by Crippen LogP contribution is 2.29. The summed E-state index contributed by atoms with van der Waals surface area (Å²) in [5.41, 5.74) is 3.93. The second-order valence-corrected chi connectivity index (χ2v) is 5.21. The summed E-state index contributed by atoms with van der Waals surface area (Å²) in [4.78, 5) is 11.3. The minimum absolute atomic E-state index is 0.173. The van der Waals surface area contributed by atoms with Crippen molar-refractivity contribution < 1.29 is 9.90 Å². The van der Waals surface area contributed by atoms with Gasteiger partial charge < -0.3 is 5.11 Å². The van der Waals surface area contributed by atoms with Gasteiger partial charge in [-0.2, -0.15) is 5.10 Å². The highest BCUT2D eigenvalue weighted by molar-refractivity contribution is 6.30. The van der Waals surface area contributed by atoms with Gasteiger partial charge in [-0.1, -0.05) is 17.7 Å². The number of halogens is 1. The molecule has 5 heteroatoms. The van der Waals surface area contributed by atoms with Crippen LogP contribution < -0.4 is 0 Å². The SMILES string of the molecule is Cc1ccc(Cl)cc1-n1nc(C(=O)O)c2c1CCC2. The lowest BCUT2D eigenvalue weighted by Crippen LogP contribution is -2.05. The average Bonchev–Trinajstić information content (AvgIpc) is 2.93. The van der Waals surface area contributed by atoms with Crippen molar-refractivity contribution in [2.45, 2.75) is 26.2 Å². The van der Waals surface area contributed by atoms with Crippen molar-refractivity contribution >= 4 is 17.6 Å². The van der Waals surface area contributed by atoms with Crippen molar-refractivity contribution in [2.24, 2.45) is 0 Å². The van der Waals surface area contributed by atoms with E-state index in [0.717, 1.165) is 41.8 Å². The van der Waals surface area contributed by atoms with Crippen molar-refractivity contribution in [2.75, 3.05) is 0 Å². The molecule has 0 saturated heterocycles. The quantitative estimate of drug-likeness (QED) is 0.917. The number of carboxylic acid groups (broad SMARTS) is 1. The first-order chi connectivity index (χ1) is 9.08. The van der Waals surface area contributed by atoms with E-state index in [4.69, 9.17) is 11.6 Å². The van der Waals surface area contributed by atoms with E-state index in [1.807, 2.05) is 25.1 Å². The Morgan fingerprint density at radius 2 is 2.21 bits per heavy atom. The van der Waals surface area contributed by atoms with Gasteiger partial charge in [0.05, 0.1) is 5.69 Å². The lowest BCUT2D eigenvalue weighted by molar-refractivity contribution is 0.0689. The van der Waals surface area contributed by atoms with Crippen molar-refractivity contribution in [1.82, 2.24) is 9.78 Å². The number of benzene rings is 1. The molecule has 0 saturated carbocycles. The average molecular weight is 277 g/mol. The van der Waals surface area contributed by atoms with Gasteiger partial charge in [0, 0.05) is 16.3 Å². The topological polar surface area (TPSA) is 55.1 Å². The van der Waals surface area contributed by atoms with Crippen LogP contribution in [0.5, 0.6) is 0 Å². The Morgan fingerprint density at radius 1 is 1.42 bits per heavy atom. The Balaban J connectivity index is 2.23. The van der Waals surface area contributed by atoms with Crippen LogP contribution in [0, 0.1) is 6.92 Å². The van der Waals surface area contributed by atoms with Gasteiger partial charge in [0.2, 0.25) is 0 Å². The monoisotopic (exact) mass is 276 g/mol. The Morgan fingerprint density at radius 3 is 2.95 bits per heavy atom. The summed E-state index contributed by atoms with van der Waals surface area (Å²) in [6.07, 6.45) is 2.63. The summed E-state index contributed by atoms with van der Waals surface area (Å²) >= 11 is 6.03. The largest absolute Gasteiger partial charge is 0.476 e. The van der Waals surface area contributed by atoms with Gasteiger partial charge in [-0.3, -0.25) is 0 Å². The lowest BCUT2D eigenvalue weighted by atomic mass is 10.2. The molecule has 0 aliphatic heterocycles. The van der Waals surface area contributed by atoms with E-state index in [2.05, 4.69) is 5.10 Å². The fourth-order valence-corrected chi connectivity index (χ4v) is 2.79. The minimum Gasteiger partial charge on any atom is -0.476 e. The van der Waals surface area contributed by atoms with Gasteiger partial charge in [-0.15, -0.1) is 0 Å². The number of fused-ring (bicyclic) bond motifs is 1. The number of carbonyl (C=O) groups is 1. The summed E-state index contributed by atoms with van der Waals surface area (Å²) in [5, 5.41) is 14.1. The zero-order valence-corrected chi connectivity index (χ0v) is 11.2. The number of hydrogen-bond acceptors (Lipinski definition) is 2. The standard InChI is InChI=1S/C14H13ClN2O2/c1-8-5-6-9(15)7-12(8)17-11-4-2-3-10(11)13(16-17)14(18)19/h5-7H,2-4H2,1H3,(H,18,19). The molecule has 1 aromatic carbocycles. The molecule has 1 heterocycles. The molecule has 0 atom stereocenters. The van der Waals surface area contributed by atoms with Crippen molar-refractivity contribution in [1.29, 1.82) is 0 Å². The zero-order valence-electron chi connectivity index (χ0n) is 10.5. The molecule has 3 rings (SSSR count). The first-order valence-electron chi connectivity index (χ1n) is 6.18. The third kappa shape index (κ3) is 1.92. The van der Waals surface area contributed by atoms with Crippen molar-refractivity contribution in [3.8, 4) is 5.69 Å². The molecular formula is C14H13ClN2O2. The van der Waals surface area contributed by atoms with E-state index < -0.39 is 5.97 Å². The third-order valence-electron chi connectivity index (χ3n) is 3.53. The number of aromatic carboxylic acids is 1. The van der Waals surface area contributed by atoms with E-state index in [0.29, 0.717) is 5.02 Å². The van der Waals surface area contributed by atoms with E-state index >= 15 is 0 Å². The second kappa shape index (κ2) is 4.38. The summed E-state index contributed by atoms with van der Waals surface area (Å²) in [5.74, 6) is -0.961. The van der Waals surface area contributed by atoms with Crippen LogP contribution in [0.4, 0.5) is 0 Å². The molecule has 0 fully saturated rings. The number of aryl methyl sites for hydroxylation is 1. The molecule has 1 aliphatic rings. The normalized spacial score (nSPS) is 13.6. The zero-order chi connectivity index (χ0) is 13.6. The third-order valence-corrected chi connectivity index (χ3v) is 3.77. The van der Waals surface area contributed by atoms with Gasteiger partial charge in [-0.05, 0) is 43.9 Å². The smallest absolute Gasteiger partial charge is 0.356 e. The van der Waals surface area contributed by atoms with Gasteiger partial charge >= 0.3 is 5.97 Å². The molecular weight excluding hydrogens is 264 g/mol. The van der Waals surface area contributed by atoms with Gasteiger partial charge in [0.1, 0.15) is 0 Å². The Labute approximate surface area is 115 Å². The molecule has 0 radical (unpaired) electrons. The Bertz CT molecular complexity index is 676. The summed E-state index contributed by atoms with van der Waals surface area (Å²) in [7, 11) is 0. The number of carboxylic acids is 1. The van der Waals surface area contributed by atoms with E-state index in [-0.39, 0.29) is 5.69 Å². The molecule has 4 nitrogen and oxygen atoms in total. The van der Waals surface area contributed by atoms with E-state index in [1.165, 1.54) is 0 Å². The Hall–Kier alpha value is -1.81. The number of hydrogen-bond donors (Lipinski definition) is 1. The highest BCUT2D eigenvalue weighted by atomic mass is 35.5. The molecule has 0 amide bonds. The van der Waals surface area contributed by atoms with E-state index in [1.54, 1.807) is 4.68 Å². The predicted molar refractivity (Wildman–Crippen MR) is 72.3 cm³/mol. The first-order valence-corrected chi connectivity index (χ1v) is 6.56. The van der Waals surface area contributed by atoms with Gasteiger partial charge in [-0.25, -0.2) is 9.48 Å². The van der Waals surface area contributed by atoms with Crippen LogP contribution in [0.1, 0.15) is 33.7 Å². The number of nitrogens with zero attached hydrogens (tertiary/aromatic N) is 2. The summed E-state index contributed by atoms with van der Waals surface area (Å²) in [6, 6.07) is 5.57. The molecule has 0 bridgehead atoms. The Kier molecular flexibility index (Phi) is 2.82. The number of rotatable bonds is 2. The minimum atomic E-state index is -0.961. The van der Waals surface area contributed by atoms with Crippen LogP contribution >= 0.6 is 11.6 Å². The molecule has 98 valence electrons. The van der Waals surface area contributed by atoms with Crippen LogP contribution in [0.3, 0.4) is 0 Å². The molecule has 0 spiro atoms. The molecule has 19 heavy (non-hydrogen) atoms. The van der Waals surface area contributed by atoms with Crippen LogP contribution in [0.25, 0.3) is 5.69 Å². The number of aromatic nitrogens is 2. The molecule has 1 aliphatic carbocycles. The van der Waals surface area contributed by atoms with Crippen LogP contribution in [-0.4, -0.2) is 20.9 Å². The maximum absolute atomic E-state index is 11.3. The molecule has 2 aromatic rings. The fourth-order valence-electron chi connectivity index (χ4n) is 2.62. The maximum Gasteiger partial charge on any atom is 0.356 e. The molecule has 1 aromatic heterocycles. The lowest BCUT2D eigenvalue weighted by Gasteiger charge is -2.09. The van der Waals surface area contributed by atoms with Crippen molar-refractivity contribution in [3.63, 3.8) is 0 Å². The maximum atomic E-state index is 11.3. The highest BCUT2D eigenvalue weighted by Gasteiger charge is 2.27. The predicted octanol–water partition coefficient (Wildman–Crippen LogP) is 3.02. The first kappa shape index (κ1) is 12.2. The summed E-state index contributed by atoms with van der Waals surface area (Å²) < 4.78 is 1.74. The van der Waals surface area contributed by atoms with Gasteiger partial charge in [0.15, 0.2) is 5.69 Å². The summed E-state index contributed by atoms with van der Waals surface area (Å²) in [6.45, 7) is 1.97. The van der Waals surface area contributed by atoms with Crippen LogP contribution in [0.15, 0.2) is 18.2 Å².